The van der Waals surface area contributed by atoms with Crippen LogP contribution < -0.4 is 4.74 Å². The lowest BCUT2D eigenvalue weighted by Gasteiger charge is -2.12. The molecule has 0 spiro atoms. The van der Waals surface area contributed by atoms with Crippen molar-refractivity contribution >= 4 is 63.2 Å². The summed E-state index contributed by atoms with van der Waals surface area (Å²) >= 11 is 12.6. The summed E-state index contributed by atoms with van der Waals surface area (Å²) in [6.45, 7) is 0.175. The maximum atomic E-state index is 11.6. The van der Waals surface area contributed by atoms with Gasteiger partial charge in [0.25, 0.3) is 9.05 Å². The van der Waals surface area contributed by atoms with Crippen molar-refractivity contribution in [1.29, 1.82) is 0 Å². The minimum Gasteiger partial charge on any atom is -0.486 e. The van der Waals surface area contributed by atoms with E-state index in [1.807, 2.05) is 24.3 Å². The molecule has 0 heterocycles. The van der Waals surface area contributed by atoms with Crippen LogP contribution in [0.3, 0.4) is 0 Å². The Morgan fingerprint density at radius 3 is 2.24 bits per heavy atom. The quantitative estimate of drug-likeness (QED) is 0.559. The van der Waals surface area contributed by atoms with Crippen molar-refractivity contribution in [2.75, 3.05) is 0 Å². The van der Waals surface area contributed by atoms with E-state index in [-0.39, 0.29) is 22.3 Å². The van der Waals surface area contributed by atoms with Gasteiger partial charge >= 0.3 is 0 Å². The van der Waals surface area contributed by atoms with Gasteiger partial charge in [-0.05, 0) is 29.8 Å². The highest BCUT2D eigenvalue weighted by molar-refractivity contribution is 9.10. The van der Waals surface area contributed by atoms with Gasteiger partial charge in [0.15, 0.2) is 5.75 Å². The Hall–Kier alpha value is -0.270. The molecular weight excluding hydrogens is 467 g/mol. The molecule has 0 unspecified atom stereocenters. The smallest absolute Gasteiger partial charge is 0.265 e. The predicted octanol–water partition coefficient (Wildman–Crippen LogP) is 5.37. The van der Waals surface area contributed by atoms with Crippen LogP contribution in [0.4, 0.5) is 0 Å². The molecule has 0 aliphatic carbocycles. The van der Waals surface area contributed by atoms with E-state index in [2.05, 4.69) is 31.9 Å². The number of hydrogen-bond donors (Lipinski definition) is 0. The number of ether oxygens (including phenoxy) is 1. The first-order valence-corrected chi connectivity index (χ1v) is 9.85. The van der Waals surface area contributed by atoms with Gasteiger partial charge in [-0.25, -0.2) is 8.42 Å². The summed E-state index contributed by atoms with van der Waals surface area (Å²) < 4.78 is 30.2. The zero-order chi connectivity index (χ0) is 15.6. The second-order valence-electron chi connectivity index (χ2n) is 4.07. The molecule has 0 aromatic heterocycles. The Morgan fingerprint density at radius 1 is 1.05 bits per heavy atom. The summed E-state index contributed by atoms with van der Waals surface area (Å²) in [4.78, 5) is -0.166. The fourth-order valence-corrected chi connectivity index (χ4v) is 3.93. The summed E-state index contributed by atoms with van der Waals surface area (Å²) in [6.07, 6.45) is 0. The summed E-state index contributed by atoms with van der Waals surface area (Å²) in [6, 6.07) is 10.3. The fraction of sp³-hybridized carbons (Fsp3) is 0.0769. The van der Waals surface area contributed by atoms with Crippen LogP contribution in [0.1, 0.15) is 5.56 Å². The normalized spacial score (nSPS) is 11.4. The van der Waals surface area contributed by atoms with Gasteiger partial charge in [0.1, 0.15) is 11.5 Å². The van der Waals surface area contributed by atoms with Crippen LogP contribution >= 0.6 is 54.1 Å². The Balaban J connectivity index is 2.33. The zero-order valence-electron chi connectivity index (χ0n) is 10.3. The molecule has 2 aromatic rings. The molecule has 8 heteroatoms. The molecule has 21 heavy (non-hydrogen) atoms. The van der Waals surface area contributed by atoms with Crippen LogP contribution in [0.25, 0.3) is 0 Å². The molecule has 112 valence electrons. The van der Waals surface area contributed by atoms with Crippen LogP contribution in [0, 0.1) is 0 Å². The first-order chi connectivity index (χ1) is 9.77. The second-order valence-corrected chi connectivity index (χ2v) is 8.84. The SMILES string of the molecule is O=S(=O)(Cl)c1cc(Br)cc(Cl)c1OCc1ccc(Br)cc1. The lowest BCUT2D eigenvalue weighted by atomic mass is 10.2. The third-order valence-corrected chi connectivity index (χ3v) is 5.13. The van der Waals surface area contributed by atoms with Crippen LogP contribution in [0.2, 0.25) is 5.02 Å². The van der Waals surface area contributed by atoms with E-state index in [0.29, 0.717) is 4.47 Å². The average Bonchev–Trinajstić information content (AvgIpc) is 2.38. The minimum atomic E-state index is -3.96. The van der Waals surface area contributed by atoms with Crippen molar-refractivity contribution in [3.8, 4) is 5.75 Å². The Kier molecular flexibility index (Phi) is 5.59. The molecule has 0 aliphatic heterocycles. The van der Waals surface area contributed by atoms with Gasteiger partial charge in [-0.3, -0.25) is 0 Å². The topological polar surface area (TPSA) is 43.4 Å². The van der Waals surface area contributed by atoms with E-state index in [1.54, 1.807) is 6.07 Å². The maximum Gasteiger partial charge on any atom is 0.265 e. The number of benzene rings is 2. The Labute approximate surface area is 148 Å². The van der Waals surface area contributed by atoms with E-state index in [4.69, 9.17) is 27.0 Å². The van der Waals surface area contributed by atoms with Crippen LogP contribution in [0.15, 0.2) is 50.2 Å². The molecule has 2 rings (SSSR count). The van der Waals surface area contributed by atoms with Crippen LogP contribution in [-0.2, 0) is 15.7 Å². The van der Waals surface area contributed by atoms with Crippen molar-refractivity contribution < 1.29 is 13.2 Å². The fourth-order valence-electron chi connectivity index (χ4n) is 1.59. The lowest BCUT2D eigenvalue weighted by Crippen LogP contribution is -2.01. The van der Waals surface area contributed by atoms with Crippen molar-refractivity contribution in [3.63, 3.8) is 0 Å². The number of hydrogen-bond acceptors (Lipinski definition) is 3. The largest absolute Gasteiger partial charge is 0.486 e. The first kappa shape index (κ1) is 17.1. The molecule has 0 amide bonds. The van der Waals surface area contributed by atoms with Gasteiger partial charge in [-0.15, -0.1) is 0 Å². The predicted molar refractivity (Wildman–Crippen MR) is 90.7 cm³/mol. The van der Waals surface area contributed by atoms with Crippen molar-refractivity contribution in [2.45, 2.75) is 11.5 Å². The molecule has 0 fully saturated rings. The molecule has 3 nitrogen and oxygen atoms in total. The van der Waals surface area contributed by atoms with Gasteiger partial charge in [-0.1, -0.05) is 55.6 Å². The van der Waals surface area contributed by atoms with Crippen molar-refractivity contribution in [1.82, 2.24) is 0 Å². The standard InChI is InChI=1S/C13H8Br2Cl2O3S/c14-9-3-1-8(2-4-9)7-20-13-11(16)5-10(15)6-12(13)21(17,18)19/h1-6H,7H2. The molecule has 0 radical (unpaired) electrons. The first-order valence-electron chi connectivity index (χ1n) is 5.58. The van der Waals surface area contributed by atoms with E-state index < -0.39 is 9.05 Å². The van der Waals surface area contributed by atoms with Crippen LogP contribution in [-0.4, -0.2) is 8.42 Å². The van der Waals surface area contributed by atoms with Gasteiger partial charge in [0.2, 0.25) is 0 Å². The average molecular weight is 475 g/mol. The summed E-state index contributed by atoms with van der Waals surface area (Å²) in [5.74, 6) is 0.0396. The molecule has 2 aromatic carbocycles. The summed E-state index contributed by atoms with van der Waals surface area (Å²) in [5.41, 5.74) is 0.870. The number of halogens is 4. The molecule has 0 aliphatic rings. The molecule has 0 saturated heterocycles. The summed E-state index contributed by atoms with van der Waals surface area (Å²) in [5, 5.41) is 0.167. The third kappa shape index (κ3) is 4.60. The molecule has 0 saturated carbocycles. The van der Waals surface area contributed by atoms with Crippen LogP contribution in [0.5, 0.6) is 5.75 Å². The number of rotatable bonds is 4. The van der Waals surface area contributed by atoms with Gasteiger partial charge < -0.3 is 4.74 Å². The Morgan fingerprint density at radius 2 is 1.67 bits per heavy atom. The van der Waals surface area contributed by atoms with Crippen molar-refractivity contribution in [2.24, 2.45) is 0 Å². The van der Waals surface area contributed by atoms with E-state index in [1.165, 1.54) is 6.07 Å². The third-order valence-electron chi connectivity index (χ3n) is 2.53. The van der Waals surface area contributed by atoms with E-state index in [0.717, 1.165) is 10.0 Å². The van der Waals surface area contributed by atoms with E-state index in [9.17, 15) is 8.42 Å². The molecular formula is C13H8Br2Cl2O3S. The highest BCUT2D eigenvalue weighted by Crippen LogP contribution is 2.37. The van der Waals surface area contributed by atoms with Gasteiger partial charge in [0, 0.05) is 19.6 Å². The zero-order valence-corrected chi connectivity index (χ0v) is 15.8. The minimum absolute atomic E-state index is 0.0396. The highest BCUT2D eigenvalue weighted by atomic mass is 79.9. The molecule has 0 N–H and O–H groups in total. The maximum absolute atomic E-state index is 11.6. The second kappa shape index (κ2) is 6.87. The molecule has 0 bridgehead atoms. The van der Waals surface area contributed by atoms with Gasteiger partial charge in [0.05, 0.1) is 5.02 Å². The summed E-state index contributed by atoms with van der Waals surface area (Å²) in [7, 11) is 1.45. The molecule has 0 atom stereocenters. The Bertz CT molecular complexity index is 762. The van der Waals surface area contributed by atoms with E-state index >= 15 is 0 Å². The van der Waals surface area contributed by atoms with Crippen molar-refractivity contribution in [3.05, 3.63) is 55.9 Å². The van der Waals surface area contributed by atoms with Gasteiger partial charge in [-0.2, -0.15) is 0 Å². The lowest BCUT2D eigenvalue weighted by molar-refractivity contribution is 0.298. The highest BCUT2D eigenvalue weighted by Gasteiger charge is 2.21. The monoisotopic (exact) mass is 472 g/mol.